The molecule has 0 spiro atoms. The number of nitrogens with one attached hydrogen (secondary N) is 2. The van der Waals surface area contributed by atoms with Crippen LogP contribution in [-0.2, 0) is 6.54 Å². The van der Waals surface area contributed by atoms with Crippen molar-refractivity contribution in [2.24, 2.45) is 4.99 Å². The largest absolute Gasteiger partial charge is 0.356 e. The summed E-state index contributed by atoms with van der Waals surface area (Å²) in [5.41, 5.74) is 0.0750. The third kappa shape index (κ3) is 6.78. The maximum Gasteiger partial charge on any atom is 0.250 e. The van der Waals surface area contributed by atoms with Crippen LogP contribution in [0.4, 0.5) is 0 Å². The second-order valence-corrected chi connectivity index (χ2v) is 7.50. The molecule has 1 aromatic heterocycles. The fourth-order valence-electron chi connectivity index (χ4n) is 4.15. The quantitative estimate of drug-likeness (QED) is 0.269. The zero-order valence-corrected chi connectivity index (χ0v) is 18.7. The lowest BCUT2D eigenvalue weighted by molar-refractivity contribution is 0.242. The lowest BCUT2D eigenvalue weighted by Gasteiger charge is -2.24. The topological polar surface area (TPSA) is 61.7 Å². The van der Waals surface area contributed by atoms with Crippen molar-refractivity contribution in [2.75, 3.05) is 26.7 Å². The summed E-state index contributed by atoms with van der Waals surface area (Å²) in [7, 11) is 1.84. The van der Waals surface area contributed by atoms with Crippen molar-refractivity contribution in [3.63, 3.8) is 0 Å². The molecule has 7 heteroatoms. The molecule has 1 aliphatic heterocycles. The van der Waals surface area contributed by atoms with Crippen LogP contribution in [0.25, 0.3) is 0 Å². The Morgan fingerprint density at radius 3 is 2.78 bits per heavy atom. The van der Waals surface area contributed by atoms with Gasteiger partial charge >= 0.3 is 0 Å². The van der Waals surface area contributed by atoms with Gasteiger partial charge in [-0.25, -0.2) is 0 Å². The number of aryl methyl sites for hydroxylation is 1. The monoisotopic (exact) mass is 487 g/mol. The molecule has 2 N–H and O–H groups in total. The van der Waals surface area contributed by atoms with Gasteiger partial charge in [0.05, 0.1) is 0 Å². The van der Waals surface area contributed by atoms with Gasteiger partial charge in [-0.15, -0.1) is 24.0 Å². The van der Waals surface area contributed by atoms with E-state index < -0.39 is 0 Å². The van der Waals surface area contributed by atoms with E-state index in [4.69, 9.17) is 0 Å². The van der Waals surface area contributed by atoms with E-state index >= 15 is 0 Å². The van der Waals surface area contributed by atoms with Crippen LogP contribution in [0.1, 0.15) is 44.9 Å². The van der Waals surface area contributed by atoms with Gasteiger partial charge in [0.1, 0.15) is 0 Å². The lowest BCUT2D eigenvalue weighted by Crippen LogP contribution is -2.45. The molecule has 1 atom stereocenters. The molecule has 1 saturated heterocycles. The third-order valence-corrected chi connectivity index (χ3v) is 5.64. The van der Waals surface area contributed by atoms with Gasteiger partial charge in [0.2, 0.25) is 5.56 Å². The maximum atomic E-state index is 11.7. The standard InChI is InChI=1S/C20H33N5O.HI/c1-21-20(22-12-5-7-14-24-13-6-4-10-19(24)26)23-17-11-15-25(16-17)18-8-2-3-9-18;/h4,6,10,13,17-18H,2-3,5,7-9,11-12,14-16H2,1H3,(H2,21,22,23);1H. The summed E-state index contributed by atoms with van der Waals surface area (Å²) in [5.74, 6) is 0.903. The van der Waals surface area contributed by atoms with E-state index in [1.807, 2.05) is 19.3 Å². The Kier molecular flexibility index (Phi) is 9.61. The van der Waals surface area contributed by atoms with Crippen molar-refractivity contribution in [3.8, 4) is 0 Å². The SMILES string of the molecule is CN=C(NCCCCn1ccccc1=O)NC1CCN(C2CCCC2)C1.I. The molecule has 0 radical (unpaired) electrons. The van der Waals surface area contributed by atoms with Gasteiger partial charge in [-0.3, -0.25) is 14.7 Å². The summed E-state index contributed by atoms with van der Waals surface area (Å²) < 4.78 is 1.77. The number of guanidine groups is 1. The molecular formula is C20H34IN5O. The van der Waals surface area contributed by atoms with E-state index in [9.17, 15) is 4.79 Å². The first-order valence-electron chi connectivity index (χ1n) is 10.1. The first-order valence-corrected chi connectivity index (χ1v) is 10.1. The van der Waals surface area contributed by atoms with Crippen LogP contribution in [0.5, 0.6) is 0 Å². The predicted molar refractivity (Wildman–Crippen MR) is 122 cm³/mol. The van der Waals surface area contributed by atoms with Gasteiger partial charge in [0.15, 0.2) is 5.96 Å². The van der Waals surface area contributed by atoms with E-state index in [1.165, 1.54) is 38.6 Å². The highest BCUT2D eigenvalue weighted by Crippen LogP contribution is 2.26. The van der Waals surface area contributed by atoms with Crippen LogP contribution < -0.4 is 16.2 Å². The summed E-state index contributed by atoms with van der Waals surface area (Å²) in [5, 5.41) is 6.99. The minimum atomic E-state index is 0. The van der Waals surface area contributed by atoms with E-state index in [0.717, 1.165) is 44.5 Å². The van der Waals surface area contributed by atoms with E-state index in [1.54, 1.807) is 16.7 Å². The fourth-order valence-corrected chi connectivity index (χ4v) is 4.15. The van der Waals surface area contributed by atoms with Crippen LogP contribution in [0.3, 0.4) is 0 Å². The molecule has 3 rings (SSSR count). The van der Waals surface area contributed by atoms with Crippen molar-refractivity contribution in [1.29, 1.82) is 0 Å². The summed E-state index contributed by atoms with van der Waals surface area (Å²) >= 11 is 0. The molecular weight excluding hydrogens is 453 g/mol. The molecule has 1 saturated carbocycles. The highest BCUT2D eigenvalue weighted by atomic mass is 127. The number of halogens is 1. The average Bonchev–Trinajstić information content (AvgIpc) is 3.33. The lowest BCUT2D eigenvalue weighted by atomic mass is 10.2. The molecule has 2 heterocycles. The number of pyridine rings is 1. The summed E-state index contributed by atoms with van der Waals surface area (Å²) in [6, 6.07) is 6.62. The van der Waals surface area contributed by atoms with Crippen molar-refractivity contribution >= 4 is 29.9 Å². The minimum Gasteiger partial charge on any atom is -0.356 e. The molecule has 0 bridgehead atoms. The normalized spacial score (nSPS) is 21.2. The van der Waals surface area contributed by atoms with Crippen LogP contribution >= 0.6 is 24.0 Å². The second-order valence-electron chi connectivity index (χ2n) is 7.50. The molecule has 152 valence electrons. The predicted octanol–water partition coefficient (Wildman–Crippen LogP) is 2.43. The van der Waals surface area contributed by atoms with Gasteiger partial charge < -0.3 is 15.2 Å². The summed E-state index contributed by atoms with van der Waals surface area (Å²) in [6.45, 7) is 4.00. The van der Waals surface area contributed by atoms with E-state index in [0.29, 0.717) is 6.04 Å². The van der Waals surface area contributed by atoms with Crippen LogP contribution in [0.2, 0.25) is 0 Å². The number of rotatable bonds is 7. The molecule has 6 nitrogen and oxygen atoms in total. The molecule has 2 aliphatic rings. The average molecular weight is 487 g/mol. The first-order chi connectivity index (χ1) is 12.8. The Morgan fingerprint density at radius 1 is 1.22 bits per heavy atom. The Labute approximate surface area is 179 Å². The summed E-state index contributed by atoms with van der Waals surface area (Å²) in [6.07, 6.45) is 10.6. The van der Waals surface area contributed by atoms with Gasteiger partial charge in [-0.05, 0) is 38.2 Å². The summed E-state index contributed by atoms with van der Waals surface area (Å²) in [4.78, 5) is 18.7. The van der Waals surface area contributed by atoms with Crippen molar-refractivity contribution in [3.05, 3.63) is 34.7 Å². The number of likely N-dealkylation sites (tertiary alicyclic amines) is 1. The van der Waals surface area contributed by atoms with Gasteiger partial charge in [0.25, 0.3) is 0 Å². The molecule has 1 aromatic rings. The Balaban J connectivity index is 0.00000261. The number of aliphatic imine (C=N–C) groups is 1. The van der Waals surface area contributed by atoms with Gasteiger partial charge in [0, 0.05) is 57.6 Å². The van der Waals surface area contributed by atoms with Crippen molar-refractivity contribution in [2.45, 2.75) is 63.6 Å². The maximum absolute atomic E-state index is 11.7. The molecule has 27 heavy (non-hydrogen) atoms. The van der Waals surface area contributed by atoms with Gasteiger partial charge in [-0.1, -0.05) is 18.9 Å². The van der Waals surface area contributed by atoms with Crippen LogP contribution in [0.15, 0.2) is 34.2 Å². The number of hydrogen-bond donors (Lipinski definition) is 2. The number of aromatic nitrogens is 1. The smallest absolute Gasteiger partial charge is 0.250 e. The molecule has 2 fully saturated rings. The first kappa shape index (κ1) is 22.2. The van der Waals surface area contributed by atoms with E-state index in [2.05, 4.69) is 20.5 Å². The zero-order chi connectivity index (χ0) is 18.2. The number of unbranched alkanes of at least 4 members (excludes halogenated alkanes) is 1. The molecule has 0 amide bonds. The second kappa shape index (κ2) is 11.7. The fraction of sp³-hybridized carbons (Fsp3) is 0.700. The van der Waals surface area contributed by atoms with Crippen molar-refractivity contribution < 1.29 is 0 Å². The van der Waals surface area contributed by atoms with Gasteiger partial charge in [-0.2, -0.15) is 0 Å². The van der Waals surface area contributed by atoms with Crippen LogP contribution in [0, 0.1) is 0 Å². The van der Waals surface area contributed by atoms with E-state index in [-0.39, 0.29) is 29.5 Å². The zero-order valence-electron chi connectivity index (χ0n) is 16.4. The number of nitrogens with zero attached hydrogens (tertiary/aromatic N) is 3. The highest BCUT2D eigenvalue weighted by molar-refractivity contribution is 14.0. The molecule has 0 aromatic carbocycles. The Morgan fingerprint density at radius 2 is 2.04 bits per heavy atom. The molecule has 1 aliphatic carbocycles. The number of hydrogen-bond acceptors (Lipinski definition) is 3. The highest BCUT2D eigenvalue weighted by Gasteiger charge is 2.30. The van der Waals surface area contributed by atoms with Crippen LogP contribution in [-0.4, -0.2) is 54.2 Å². The Bertz CT molecular complexity index is 641. The third-order valence-electron chi connectivity index (χ3n) is 5.64. The van der Waals surface area contributed by atoms with Crippen molar-refractivity contribution in [1.82, 2.24) is 20.1 Å². The minimum absolute atomic E-state index is 0. The Hall–Kier alpha value is -1.09. The molecule has 1 unspecified atom stereocenters.